The number of amides is 1. The van der Waals surface area contributed by atoms with Crippen LogP contribution in [0.25, 0.3) is 0 Å². The number of carbonyl (C=O) groups is 1. The predicted octanol–water partition coefficient (Wildman–Crippen LogP) is 2.16. The van der Waals surface area contributed by atoms with Crippen LogP contribution in [0, 0.1) is 11.7 Å². The molecule has 0 aliphatic rings. The van der Waals surface area contributed by atoms with Gasteiger partial charge < -0.3 is 10.8 Å². The fraction of sp³-hybridized carbons (Fsp3) is 0.333. The van der Waals surface area contributed by atoms with E-state index in [-0.39, 0.29) is 6.42 Å². The van der Waals surface area contributed by atoms with Gasteiger partial charge in [0.15, 0.2) is 0 Å². The van der Waals surface area contributed by atoms with Crippen molar-refractivity contribution in [3.63, 3.8) is 0 Å². The molecule has 1 amide bonds. The SMILES string of the molecule is C[C](C[C@](C)(O)C(N)=O)c1cc(Br)ccc1F. The van der Waals surface area contributed by atoms with Crippen molar-refractivity contribution in [2.24, 2.45) is 5.73 Å². The summed E-state index contributed by atoms with van der Waals surface area (Å²) in [6.45, 7) is 2.97. The summed E-state index contributed by atoms with van der Waals surface area (Å²) in [4.78, 5) is 11.0. The van der Waals surface area contributed by atoms with Crippen LogP contribution >= 0.6 is 15.9 Å². The summed E-state index contributed by atoms with van der Waals surface area (Å²) in [5.41, 5.74) is 3.75. The van der Waals surface area contributed by atoms with Gasteiger partial charge >= 0.3 is 0 Å². The second-order valence-corrected chi connectivity index (χ2v) is 5.14. The topological polar surface area (TPSA) is 63.3 Å². The van der Waals surface area contributed by atoms with Crippen LogP contribution in [0.2, 0.25) is 0 Å². The lowest BCUT2D eigenvalue weighted by molar-refractivity contribution is -0.134. The number of halogens is 2. The third-order valence-electron chi connectivity index (χ3n) is 2.53. The number of hydrogen-bond acceptors (Lipinski definition) is 2. The van der Waals surface area contributed by atoms with E-state index in [1.807, 2.05) is 0 Å². The van der Waals surface area contributed by atoms with Gasteiger partial charge in [0.1, 0.15) is 11.4 Å². The highest BCUT2D eigenvalue weighted by molar-refractivity contribution is 9.10. The summed E-state index contributed by atoms with van der Waals surface area (Å²) in [7, 11) is 0. The third kappa shape index (κ3) is 3.51. The zero-order valence-corrected chi connectivity index (χ0v) is 11.2. The Balaban J connectivity index is 2.94. The van der Waals surface area contributed by atoms with E-state index < -0.39 is 17.3 Å². The van der Waals surface area contributed by atoms with Gasteiger partial charge in [0, 0.05) is 10.4 Å². The van der Waals surface area contributed by atoms with Gasteiger partial charge in [-0.05, 0) is 37.1 Å². The standard InChI is InChI=1S/C12H14BrFNO2/c1-7(6-12(2,17)11(15)16)9-5-8(13)3-4-10(9)14/h3-5,17H,6H2,1-2H3,(H2,15,16)/t12-/m0/s1. The summed E-state index contributed by atoms with van der Waals surface area (Å²) >= 11 is 3.24. The Morgan fingerprint density at radius 3 is 2.71 bits per heavy atom. The first-order chi connectivity index (χ1) is 7.74. The molecule has 0 fully saturated rings. The van der Waals surface area contributed by atoms with E-state index in [9.17, 15) is 14.3 Å². The highest BCUT2D eigenvalue weighted by Gasteiger charge is 2.31. The smallest absolute Gasteiger partial charge is 0.249 e. The average molecular weight is 303 g/mol. The number of rotatable bonds is 4. The average Bonchev–Trinajstić information content (AvgIpc) is 2.20. The lowest BCUT2D eigenvalue weighted by Gasteiger charge is -2.23. The molecule has 0 bridgehead atoms. The van der Waals surface area contributed by atoms with Gasteiger partial charge in [0.25, 0.3) is 0 Å². The molecular weight excluding hydrogens is 289 g/mol. The lowest BCUT2D eigenvalue weighted by Crippen LogP contribution is -2.42. The van der Waals surface area contributed by atoms with E-state index in [2.05, 4.69) is 15.9 Å². The Kier molecular flexibility index (Phi) is 4.27. The molecule has 1 aromatic rings. The minimum atomic E-state index is -1.67. The van der Waals surface area contributed by atoms with Crippen LogP contribution in [0.5, 0.6) is 0 Å². The van der Waals surface area contributed by atoms with E-state index in [0.29, 0.717) is 11.5 Å². The highest BCUT2D eigenvalue weighted by atomic mass is 79.9. The molecule has 5 heteroatoms. The van der Waals surface area contributed by atoms with Crippen molar-refractivity contribution in [2.75, 3.05) is 0 Å². The summed E-state index contributed by atoms with van der Waals surface area (Å²) in [6.07, 6.45) is -0.00426. The van der Waals surface area contributed by atoms with Crippen LogP contribution in [0.1, 0.15) is 25.8 Å². The van der Waals surface area contributed by atoms with E-state index in [1.165, 1.54) is 13.0 Å². The van der Waals surface area contributed by atoms with Gasteiger partial charge in [-0.2, -0.15) is 0 Å². The number of nitrogens with two attached hydrogens (primary N) is 1. The molecule has 0 unspecified atom stereocenters. The summed E-state index contributed by atoms with van der Waals surface area (Å²) in [5.74, 6) is -0.661. The molecule has 1 radical (unpaired) electrons. The number of carbonyl (C=O) groups excluding carboxylic acids is 1. The molecule has 0 saturated carbocycles. The molecule has 0 saturated heterocycles. The maximum atomic E-state index is 13.6. The van der Waals surface area contributed by atoms with E-state index in [4.69, 9.17) is 5.73 Å². The van der Waals surface area contributed by atoms with E-state index in [1.54, 1.807) is 19.1 Å². The summed E-state index contributed by atoms with van der Waals surface area (Å²) in [5, 5.41) is 9.75. The van der Waals surface area contributed by atoms with Gasteiger partial charge in [-0.1, -0.05) is 22.9 Å². The molecule has 3 N–H and O–H groups in total. The maximum Gasteiger partial charge on any atom is 0.249 e. The predicted molar refractivity (Wildman–Crippen MR) is 66.6 cm³/mol. The quantitative estimate of drug-likeness (QED) is 0.895. The molecule has 0 spiro atoms. The Bertz CT molecular complexity index is 435. The summed E-state index contributed by atoms with van der Waals surface area (Å²) < 4.78 is 14.3. The van der Waals surface area contributed by atoms with Crippen molar-refractivity contribution >= 4 is 21.8 Å². The first-order valence-electron chi connectivity index (χ1n) is 5.04. The van der Waals surface area contributed by atoms with Gasteiger partial charge in [0.2, 0.25) is 5.91 Å². The van der Waals surface area contributed by atoms with Crippen LogP contribution < -0.4 is 5.73 Å². The molecular formula is C12H14BrFNO2. The van der Waals surface area contributed by atoms with Crippen LogP contribution in [-0.2, 0) is 4.79 Å². The largest absolute Gasteiger partial charge is 0.380 e. The van der Waals surface area contributed by atoms with Crippen molar-refractivity contribution in [2.45, 2.75) is 25.9 Å². The zero-order chi connectivity index (χ0) is 13.2. The number of primary amides is 1. The van der Waals surface area contributed by atoms with Gasteiger partial charge in [-0.15, -0.1) is 0 Å². The van der Waals surface area contributed by atoms with E-state index in [0.717, 1.165) is 4.47 Å². The van der Waals surface area contributed by atoms with Crippen molar-refractivity contribution in [1.82, 2.24) is 0 Å². The van der Waals surface area contributed by atoms with Gasteiger partial charge in [0.05, 0.1) is 0 Å². The minimum absolute atomic E-state index is 0.00426. The van der Waals surface area contributed by atoms with Crippen LogP contribution in [-0.4, -0.2) is 16.6 Å². The van der Waals surface area contributed by atoms with Gasteiger partial charge in [-0.25, -0.2) is 4.39 Å². The maximum absolute atomic E-state index is 13.6. The minimum Gasteiger partial charge on any atom is -0.380 e. The van der Waals surface area contributed by atoms with Crippen LogP contribution in [0.4, 0.5) is 4.39 Å². The third-order valence-corrected chi connectivity index (χ3v) is 3.02. The Morgan fingerprint density at radius 2 is 2.18 bits per heavy atom. The van der Waals surface area contributed by atoms with Crippen LogP contribution in [0.15, 0.2) is 22.7 Å². The highest BCUT2D eigenvalue weighted by Crippen LogP contribution is 2.28. The molecule has 1 atom stereocenters. The molecule has 1 rings (SSSR count). The first-order valence-corrected chi connectivity index (χ1v) is 5.83. The Morgan fingerprint density at radius 1 is 1.59 bits per heavy atom. The second kappa shape index (κ2) is 5.14. The molecule has 17 heavy (non-hydrogen) atoms. The Labute approximate surface area is 108 Å². The number of aliphatic hydroxyl groups is 1. The zero-order valence-electron chi connectivity index (χ0n) is 9.63. The fourth-order valence-corrected chi connectivity index (χ4v) is 1.88. The van der Waals surface area contributed by atoms with Crippen molar-refractivity contribution in [3.05, 3.63) is 40.0 Å². The molecule has 0 aliphatic heterocycles. The number of hydrogen-bond donors (Lipinski definition) is 2. The fourth-order valence-electron chi connectivity index (χ4n) is 1.52. The molecule has 3 nitrogen and oxygen atoms in total. The molecule has 1 aromatic carbocycles. The van der Waals surface area contributed by atoms with Crippen LogP contribution in [0.3, 0.4) is 0 Å². The molecule has 0 aliphatic carbocycles. The summed E-state index contributed by atoms with van der Waals surface area (Å²) in [6, 6.07) is 4.50. The number of benzene rings is 1. The Hall–Kier alpha value is -0.940. The van der Waals surface area contributed by atoms with Crippen molar-refractivity contribution in [3.8, 4) is 0 Å². The monoisotopic (exact) mass is 302 g/mol. The lowest BCUT2D eigenvalue weighted by atomic mass is 9.87. The van der Waals surface area contributed by atoms with Crippen molar-refractivity contribution < 1.29 is 14.3 Å². The van der Waals surface area contributed by atoms with E-state index >= 15 is 0 Å². The normalized spacial score (nSPS) is 14.7. The van der Waals surface area contributed by atoms with Crippen molar-refractivity contribution in [1.29, 1.82) is 0 Å². The second-order valence-electron chi connectivity index (χ2n) is 4.22. The molecule has 0 aromatic heterocycles. The molecule has 0 heterocycles. The first kappa shape index (κ1) is 14.1. The molecule has 93 valence electrons. The van der Waals surface area contributed by atoms with Gasteiger partial charge in [-0.3, -0.25) is 4.79 Å².